The number of carbonyl (C=O) groups excluding carboxylic acids is 2. The first-order chi connectivity index (χ1) is 16.4. The number of cyclic esters (lactones) is 1. The van der Waals surface area contributed by atoms with Crippen LogP contribution in [-0.4, -0.2) is 78.5 Å². The zero-order chi connectivity index (χ0) is 24.1. The number of nitrogens with zero attached hydrogens (tertiary/aromatic N) is 5. The average molecular weight is 471 g/mol. The number of aromatic nitrogens is 2. The van der Waals surface area contributed by atoms with Crippen molar-refractivity contribution < 1.29 is 23.1 Å². The van der Waals surface area contributed by atoms with E-state index >= 15 is 0 Å². The molecule has 0 aliphatic carbocycles. The summed E-state index contributed by atoms with van der Waals surface area (Å²) in [6.45, 7) is 5.42. The van der Waals surface area contributed by atoms with Crippen LogP contribution in [0.1, 0.15) is 29.7 Å². The fourth-order valence-corrected chi connectivity index (χ4v) is 4.01. The zero-order valence-electron chi connectivity index (χ0n) is 18.9. The van der Waals surface area contributed by atoms with E-state index in [9.17, 15) is 18.4 Å². The second-order valence-corrected chi connectivity index (χ2v) is 8.30. The second kappa shape index (κ2) is 10.9. The minimum atomic E-state index is -2.71. The number of hydrogen-bond acceptors (Lipinski definition) is 8. The highest BCUT2D eigenvalue weighted by Crippen LogP contribution is 2.27. The van der Waals surface area contributed by atoms with Crippen LogP contribution in [0.15, 0.2) is 30.5 Å². The molecule has 3 heterocycles. The van der Waals surface area contributed by atoms with Crippen LogP contribution in [0.2, 0.25) is 0 Å². The van der Waals surface area contributed by atoms with Crippen LogP contribution in [0.4, 0.5) is 25.3 Å². The Hall–Kier alpha value is -3.12. The molecule has 2 aliphatic heterocycles. The number of rotatable bonds is 9. The van der Waals surface area contributed by atoms with Gasteiger partial charge in [0, 0.05) is 38.9 Å². The van der Waals surface area contributed by atoms with Gasteiger partial charge in [-0.1, -0.05) is 24.3 Å². The van der Waals surface area contributed by atoms with Gasteiger partial charge in [-0.3, -0.25) is 9.80 Å². The van der Waals surface area contributed by atoms with E-state index in [1.165, 1.54) is 11.8 Å². The molecule has 2 aliphatic rings. The van der Waals surface area contributed by atoms with Crippen molar-refractivity contribution in [2.24, 2.45) is 0 Å². The van der Waals surface area contributed by atoms with Crippen molar-refractivity contribution in [2.75, 3.05) is 42.9 Å². The highest BCUT2D eigenvalue weighted by atomic mass is 19.3. The van der Waals surface area contributed by atoms with E-state index in [4.69, 9.17) is 4.74 Å². The number of ether oxygens (including phenoxy) is 1. The van der Waals surface area contributed by atoms with E-state index in [2.05, 4.69) is 32.3 Å². The topological polar surface area (TPSA) is 90.9 Å². The molecule has 34 heavy (non-hydrogen) atoms. The maximum absolute atomic E-state index is 12.9. The Morgan fingerprint density at radius 1 is 1.21 bits per heavy atom. The summed E-state index contributed by atoms with van der Waals surface area (Å²) >= 11 is 0. The van der Waals surface area contributed by atoms with Gasteiger partial charge in [0.2, 0.25) is 5.95 Å². The van der Waals surface area contributed by atoms with Crippen LogP contribution < -0.4 is 10.2 Å². The molecule has 1 aromatic carbocycles. The van der Waals surface area contributed by atoms with Gasteiger partial charge in [-0.2, -0.15) is 4.98 Å². The molecule has 12 heteroatoms. The molecule has 1 atom stereocenters. The van der Waals surface area contributed by atoms with Gasteiger partial charge in [0.25, 0.3) is 13.8 Å². The Kier molecular flexibility index (Phi) is 7.68. The molecule has 0 unspecified atom stereocenters. The van der Waals surface area contributed by atoms with Crippen LogP contribution in [0.25, 0.3) is 0 Å². The van der Waals surface area contributed by atoms with Crippen molar-refractivity contribution in [1.82, 2.24) is 19.7 Å². The van der Waals surface area contributed by atoms with Gasteiger partial charge in [0.05, 0.1) is 24.3 Å². The molecule has 9 nitrogen and oxygen atoms in total. The lowest BCUT2D eigenvalue weighted by molar-refractivity contribution is 0.122. The van der Waals surface area contributed by atoms with Crippen molar-refractivity contribution in [2.45, 2.75) is 32.5 Å². The Morgan fingerprint density at radius 2 is 1.94 bits per heavy atom. The van der Waals surface area contributed by atoms with E-state index in [1.807, 2.05) is 23.9 Å². The number of carbonyl (C=O) groups is 2. The van der Waals surface area contributed by atoms with Crippen molar-refractivity contribution in [1.29, 1.82) is 0 Å². The summed E-state index contributed by atoms with van der Waals surface area (Å²) < 4.78 is 30.8. The third-order valence-electron chi connectivity index (χ3n) is 5.90. The molecule has 1 aromatic heterocycles. The van der Waals surface area contributed by atoms with Crippen LogP contribution in [0.5, 0.6) is 0 Å². The SMILES string of the molecule is C[C@H](Nc1ncc2c(n1)N(CC(F)F)C(=O)OC2)c1ccc(CN2CCN([B]C=O)CC2)cc1. The lowest BCUT2D eigenvalue weighted by Gasteiger charge is -2.33. The molecule has 1 fully saturated rings. The Labute approximate surface area is 197 Å². The average Bonchev–Trinajstić information content (AvgIpc) is 2.83. The smallest absolute Gasteiger partial charge is 0.416 e. The summed E-state index contributed by atoms with van der Waals surface area (Å²) in [5, 5.41) is 3.18. The number of alkyl halides is 2. The monoisotopic (exact) mass is 471 g/mol. The summed E-state index contributed by atoms with van der Waals surface area (Å²) in [4.78, 5) is 36.3. The molecule has 4 rings (SSSR count). The summed E-state index contributed by atoms with van der Waals surface area (Å²) in [6.07, 6.45) is -1.24. The van der Waals surface area contributed by atoms with Crippen LogP contribution >= 0.6 is 0 Å². The number of hydrogen-bond donors (Lipinski definition) is 1. The molecule has 179 valence electrons. The highest BCUT2D eigenvalue weighted by molar-refractivity contribution is 6.64. The van der Waals surface area contributed by atoms with Crippen molar-refractivity contribution >= 4 is 31.5 Å². The first kappa shape index (κ1) is 24.0. The Bertz CT molecular complexity index is 1000. The molecule has 0 spiro atoms. The first-order valence-corrected chi connectivity index (χ1v) is 11.1. The van der Waals surface area contributed by atoms with E-state index in [0.29, 0.717) is 5.56 Å². The number of halogens is 2. The lowest BCUT2D eigenvalue weighted by Crippen LogP contribution is -2.47. The van der Waals surface area contributed by atoms with E-state index in [0.717, 1.165) is 49.4 Å². The minimum Gasteiger partial charge on any atom is -0.444 e. The summed E-state index contributed by atoms with van der Waals surface area (Å²) in [5.74, 6) is 0.386. The van der Waals surface area contributed by atoms with Crippen LogP contribution in [-0.2, 0) is 22.7 Å². The normalized spacial score (nSPS) is 17.8. The van der Waals surface area contributed by atoms with Gasteiger partial charge in [0.1, 0.15) is 12.4 Å². The number of anilines is 2. The summed E-state index contributed by atoms with van der Waals surface area (Å²) in [7, 11) is 1.59. The molecule has 2 aromatic rings. The molecular formula is C22H26BF2N6O3. The van der Waals surface area contributed by atoms with Crippen molar-refractivity contribution in [3.8, 4) is 0 Å². The highest BCUT2D eigenvalue weighted by Gasteiger charge is 2.30. The quantitative estimate of drug-likeness (QED) is 0.440. The number of amides is 1. The molecule has 0 bridgehead atoms. The molecular weight excluding hydrogens is 445 g/mol. The van der Waals surface area contributed by atoms with Crippen molar-refractivity contribution in [3.63, 3.8) is 0 Å². The van der Waals surface area contributed by atoms with Crippen molar-refractivity contribution in [3.05, 3.63) is 47.2 Å². The third-order valence-corrected chi connectivity index (χ3v) is 5.90. The molecule has 1 saturated heterocycles. The van der Waals surface area contributed by atoms with Gasteiger partial charge < -0.3 is 19.7 Å². The number of benzene rings is 1. The lowest BCUT2D eigenvalue weighted by atomic mass is 9.93. The Balaban J connectivity index is 1.37. The van der Waals surface area contributed by atoms with Gasteiger partial charge >= 0.3 is 6.09 Å². The second-order valence-electron chi connectivity index (χ2n) is 8.30. The predicted molar refractivity (Wildman–Crippen MR) is 123 cm³/mol. The van der Waals surface area contributed by atoms with Gasteiger partial charge in [-0.05, 0) is 18.1 Å². The minimum absolute atomic E-state index is 0.0460. The van der Waals surface area contributed by atoms with E-state index < -0.39 is 19.1 Å². The fourth-order valence-electron chi connectivity index (χ4n) is 4.01. The number of piperazine rings is 1. The fraction of sp³-hybridized carbons (Fsp3) is 0.455. The van der Waals surface area contributed by atoms with Gasteiger partial charge in [0.15, 0.2) is 0 Å². The molecule has 1 N–H and O–H groups in total. The molecule has 1 amide bonds. The van der Waals surface area contributed by atoms with E-state index in [-0.39, 0.29) is 24.4 Å². The van der Waals surface area contributed by atoms with Gasteiger partial charge in [-0.15, -0.1) is 0 Å². The maximum Gasteiger partial charge on any atom is 0.416 e. The first-order valence-electron chi connectivity index (χ1n) is 11.1. The zero-order valence-corrected chi connectivity index (χ0v) is 18.9. The van der Waals surface area contributed by atoms with Crippen LogP contribution in [0.3, 0.4) is 0 Å². The van der Waals surface area contributed by atoms with Gasteiger partial charge in [-0.25, -0.2) is 18.6 Å². The standard InChI is InChI=1S/C22H26BF2N6O3/c1-15(17-4-2-16(3-5-17)11-29-6-8-30(9-7-29)23-14-32)27-21-26-10-18-13-34-22(33)31(12-19(24)25)20(18)28-21/h2-5,10,14-15,19H,6-9,11-13H2,1H3,(H,26,27,28)/t15-/m0/s1. The molecule has 1 radical (unpaired) electrons. The summed E-state index contributed by atoms with van der Waals surface area (Å²) in [6, 6.07) is 8.07. The summed E-state index contributed by atoms with van der Waals surface area (Å²) in [5.41, 5.74) is 2.68. The predicted octanol–water partition coefficient (Wildman–Crippen LogP) is 2.30. The van der Waals surface area contributed by atoms with Crippen LogP contribution in [0, 0.1) is 0 Å². The molecule has 0 saturated carbocycles. The number of nitrogens with one attached hydrogen (secondary N) is 1. The Morgan fingerprint density at radius 3 is 2.62 bits per heavy atom. The largest absolute Gasteiger partial charge is 0.444 e. The van der Waals surface area contributed by atoms with E-state index in [1.54, 1.807) is 7.41 Å². The maximum atomic E-state index is 12.9. The third kappa shape index (κ3) is 5.86. The number of fused-ring (bicyclic) bond motifs is 1.